The minimum atomic E-state index is 0.334. The number of ether oxygens (including phenoxy) is 1. The summed E-state index contributed by atoms with van der Waals surface area (Å²) >= 11 is 4.75. The van der Waals surface area contributed by atoms with Gasteiger partial charge >= 0.3 is 0 Å². The Kier molecular flexibility index (Phi) is 6.10. The summed E-state index contributed by atoms with van der Waals surface area (Å²) < 4.78 is 7.75. The molecule has 0 heterocycles. The molecule has 20 heavy (non-hydrogen) atoms. The zero-order valence-electron chi connectivity index (χ0n) is 11.5. The van der Waals surface area contributed by atoms with E-state index in [1.165, 1.54) is 18.3 Å². The zero-order chi connectivity index (χ0) is 14.5. The fourth-order valence-electron chi connectivity index (χ4n) is 1.98. The summed E-state index contributed by atoms with van der Waals surface area (Å²) in [5.74, 6) is 0.897. The Balaban J connectivity index is 1.98. The number of methoxy groups -OCH3 is 1. The highest BCUT2D eigenvalue weighted by Gasteiger charge is 2.09. The lowest BCUT2D eigenvalue weighted by Crippen LogP contribution is -2.19. The zero-order valence-corrected chi connectivity index (χ0v) is 15.8. The first-order chi connectivity index (χ1) is 9.60. The molecule has 0 bridgehead atoms. The molecule has 0 spiro atoms. The Labute approximate surface area is 147 Å². The topological polar surface area (TPSA) is 21.3 Å². The molecule has 4 heteroatoms. The Morgan fingerprint density at radius 3 is 2.40 bits per heavy atom. The second-order valence-corrected chi connectivity index (χ2v) is 7.02. The van der Waals surface area contributed by atoms with E-state index in [1.54, 1.807) is 7.11 Å². The van der Waals surface area contributed by atoms with E-state index in [9.17, 15) is 0 Å². The van der Waals surface area contributed by atoms with Gasteiger partial charge in [0.05, 0.1) is 7.11 Å². The predicted molar refractivity (Wildman–Crippen MR) is 100 cm³/mol. The van der Waals surface area contributed by atoms with E-state index in [4.69, 9.17) is 4.74 Å². The first-order valence-corrected chi connectivity index (χ1v) is 8.57. The van der Waals surface area contributed by atoms with Crippen LogP contribution in [0.15, 0.2) is 42.5 Å². The van der Waals surface area contributed by atoms with Crippen molar-refractivity contribution in [3.8, 4) is 5.75 Å². The van der Waals surface area contributed by atoms with Crippen molar-refractivity contribution in [2.45, 2.75) is 19.5 Å². The molecule has 2 aromatic carbocycles. The van der Waals surface area contributed by atoms with Crippen LogP contribution in [0.5, 0.6) is 5.75 Å². The molecule has 0 aliphatic rings. The quantitative estimate of drug-likeness (QED) is 0.608. The van der Waals surface area contributed by atoms with Gasteiger partial charge in [0.1, 0.15) is 5.75 Å². The molecule has 2 rings (SSSR count). The molecule has 0 saturated heterocycles. The molecule has 0 aliphatic heterocycles. The van der Waals surface area contributed by atoms with Crippen molar-refractivity contribution in [2.75, 3.05) is 7.11 Å². The Hall–Kier alpha value is -0.340. The number of benzene rings is 2. The minimum absolute atomic E-state index is 0.334. The molecular weight excluding hydrogens is 476 g/mol. The van der Waals surface area contributed by atoms with Crippen LogP contribution in [0.3, 0.4) is 0 Å². The third-order valence-electron chi connectivity index (χ3n) is 3.20. The van der Waals surface area contributed by atoms with Gasteiger partial charge in [-0.3, -0.25) is 0 Å². The SMILES string of the molecule is COc1ccc(CNC(C)c2ccc(I)cc2I)cc1. The molecule has 0 saturated carbocycles. The van der Waals surface area contributed by atoms with Crippen molar-refractivity contribution in [2.24, 2.45) is 0 Å². The van der Waals surface area contributed by atoms with Gasteiger partial charge in [-0.2, -0.15) is 0 Å². The van der Waals surface area contributed by atoms with E-state index in [1.807, 2.05) is 12.1 Å². The van der Waals surface area contributed by atoms with Crippen LogP contribution < -0.4 is 10.1 Å². The third-order valence-corrected chi connectivity index (χ3v) is 4.81. The fourth-order valence-corrected chi connectivity index (χ4v) is 4.05. The molecule has 0 radical (unpaired) electrons. The van der Waals surface area contributed by atoms with Crippen LogP contribution in [0.1, 0.15) is 24.1 Å². The van der Waals surface area contributed by atoms with Crippen LogP contribution in [0, 0.1) is 7.14 Å². The Bertz CT molecular complexity index is 569. The number of halogens is 2. The summed E-state index contributed by atoms with van der Waals surface area (Å²) in [6.07, 6.45) is 0. The molecule has 2 nitrogen and oxygen atoms in total. The second kappa shape index (κ2) is 7.61. The van der Waals surface area contributed by atoms with Crippen molar-refractivity contribution in [3.05, 3.63) is 60.7 Å². The lowest BCUT2D eigenvalue weighted by Gasteiger charge is -2.16. The molecule has 0 amide bonds. The van der Waals surface area contributed by atoms with E-state index < -0.39 is 0 Å². The van der Waals surface area contributed by atoms with Gasteiger partial charge in [0.2, 0.25) is 0 Å². The molecule has 1 unspecified atom stereocenters. The van der Waals surface area contributed by atoms with Gasteiger partial charge in [-0.25, -0.2) is 0 Å². The van der Waals surface area contributed by atoms with Crippen LogP contribution in [0.2, 0.25) is 0 Å². The molecule has 1 atom stereocenters. The van der Waals surface area contributed by atoms with Crippen molar-refractivity contribution in [1.82, 2.24) is 5.32 Å². The van der Waals surface area contributed by atoms with E-state index in [2.05, 4.69) is 87.8 Å². The van der Waals surface area contributed by atoms with Gasteiger partial charge in [0, 0.05) is 19.7 Å². The fraction of sp³-hybridized carbons (Fsp3) is 0.250. The largest absolute Gasteiger partial charge is 0.497 e. The summed E-state index contributed by atoms with van der Waals surface area (Å²) in [6.45, 7) is 3.06. The third kappa shape index (κ3) is 4.33. The summed E-state index contributed by atoms with van der Waals surface area (Å²) in [4.78, 5) is 0. The average molecular weight is 493 g/mol. The number of hydrogen-bond acceptors (Lipinski definition) is 2. The second-order valence-electron chi connectivity index (χ2n) is 4.62. The van der Waals surface area contributed by atoms with Crippen LogP contribution in [0.4, 0.5) is 0 Å². The highest BCUT2D eigenvalue weighted by atomic mass is 127. The van der Waals surface area contributed by atoms with Gasteiger partial charge in [0.15, 0.2) is 0 Å². The first kappa shape index (κ1) is 16.0. The average Bonchev–Trinajstić information content (AvgIpc) is 2.45. The summed E-state index contributed by atoms with van der Waals surface area (Å²) in [5, 5.41) is 3.56. The Morgan fingerprint density at radius 2 is 1.80 bits per heavy atom. The smallest absolute Gasteiger partial charge is 0.118 e. The van der Waals surface area contributed by atoms with E-state index in [-0.39, 0.29) is 0 Å². The summed E-state index contributed by atoms with van der Waals surface area (Å²) in [6, 6.07) is 15.1. The van der Waals surface area contributed by atoms with Gasteiger partial charge in [0.25, 0.3) is 0 Å². The van der Waals surface area contributed by atoms with Crippen molar-refractivity contribution in [3.63, 3.8) is 0 Å². The van der Waals surface area contributed by atoms with Crippen LogP contribution >= 0.6 is 45.2 Å². The highest BCUT2D eigenvalue weighted by Crippen LogP contribution is 2.22. The van der Waals surface area contributed by atoms with Crippen LogP contribution in [-0.2, 0) is 6.54 Å². The maximum Gasteiger partial charge on any atom is 0.118 e. The van der Waals surface area contributed by atoms with Crippen molar-refractivity contribution in [1.29, 1.82) is 0 Å². The lowest BCUT2D eigenvalue weighted by molar-refractivity contribution is 0.414. The monoisotopic (exact) mass is 493 g/mol. The first-order valence-electron chi connectivity index (χ1n) is 6.41. The van der Waals surface area contributed by atoms with E-state index in [0.717, 1.165) is 12.3 Å². The predicted octanol–water partition coefficient (Wildman–Crippen LogP) is 4.76. The number of rotatable bonds is 5. The maximum atomic E-state index is 5.17. The van der Waals surface area contributed by atoms with Gasteiger partial charge in [-0.15, -0.1) is 0 Å². The summed E-state index contributed by atoms with van der Waals surface area (Å²) in [5.41, 5.74) is 2.61. The van der Waals surface area contributed by atoms with E-state index in [0.29, 0.717) is 6.04 Å². The standard InChI is InChI=1S/C16H17I2NO/c1-11(15-8-5-13(17)9-16(15)18)19-10-12-3-6-14(20-2)7-4-12/h3-9,11,19H,10H2,1-2H3. The van der Waals surface area contributed by atoms with Crippen molar-refractivity contribution >= 4 is 45.2 Å². The molecule has 0 aliphatic carbocycles. The minimum Gasteiger partial charge on any atom is -0.497 e. The van der Waals surface area contributed by atoms with E-state index >= 15 is 0 Å². The number of nitrogens with one attached hydrogen (secondary N) is 1. The number of hydrogen-bond donors (Lipinski definition) is 1. The molecule has 1 N–H and O–H groups in total. The van der Waals surface area contributed by atoms with Crippen LogP contribution in [0.25, 0.3) is 0 Å². The highest BCUT2D eigenvalue weighted by molar-refractivity contribution is 14.1. The molecule has 0 fully saturated rings. The normalized spacial score (nSPS) is 12.2. The lowest BCUT2D eigenvalue weighted by atomic mass is 10.1. The van der Waals surface area contributed by atoms with Crippen LogP contribution in [-0.4, -0.2) is 7.11 Å². The molecule has 0 aromatic heterocycles. The maximum absolute atomic E-state index is 5.17. The molecule has 106 valence electrons. The Morgan fingerprint density at radius 1 is 1.10 bits per heavy atom. The van der Waals surface area contributed by atoms with Crippen molar-refractivity contribution < 1.29 is 4.74 Å². The van der Waals surface area contributed by atoms with Gasteiger partial charge in [-0.05, 0) is 87.5 Å². The molecular formula is C16H17I2NO. The summed E-state index contributed by atoms with van der Waals surface area (Å²) in [7, 11) is 1.69. The van der Waals surface area contributed by atoms with Gasteiger partial charge in [-0.1, -0.05) is 18.2 Å². The van der Waals surface area contributed by atoms with Gasteiger partial charge < -0.3 is 10.1 Å². The molecule has 2 aromatic rings.